The Morgan fingerprint density at radius 3 is 2.06 bits per heavy atom. The number of amides is 2. The third kappa shape index (κ3) is 4.02. The van der Waals surface area contributed by atoms with Crippen molar-refractivity contribution >= 4 is 68.9 Å². The van der Waals surface area contributed by atoms with Crippen LogP contribution in [0.3, 0.4) is 0 Å². The van der Waals surface area contributed by atoms with E-state index in [1.165, 1.54) is 21.6 Å². The largest absolute Gasteiger partial charge is 0.309 e. The molecule has 2 heterocycles. The molecular weight excluding hydrogens is 611 g/mol. The van der Waals surface area contributed by atoms with Crippen molar-refractivity contribution in [3.63, 3.8) is 0 Å². The molecule has 0 atom stereocenters. The minimum Gasteiger partial charge on any atom is -0.309 e. The molecule has 0 unspecified atom stereocenters. The van der Waals surface area contributed by atoms with Gasteiger partial charge in [-0.1, -0.05) is 24.3 Å². The van der Waals surface area contributed by atoms with Crippen LogP contribution in [0.5, 0.6) is 0 Å². The first kappa shape index (κ1) is 27.9. The van der Waals surface area contributed by atoms with Crippen LogP contribution >= 0.6 is 12.6 Å². The molecule has 0 bridgehead atoms. The predicted octanol–water partition coefficient (Wildman–Crippen LogP) is 6.55. The van der Waals surface area contributed by atoms with Gasteiger partial charge < -0.3 is 4.98 Å². The summed E-state index contributed by atoms with van der Waals surface area (Å²) in [6.07, 6.45) is 10.9. The van der Waals surface area contributed by atoms with E-state index in [9.17, 15) is 24.0 Å². The quantitative estimate of drug-likeness (QED) is 0.132. The summed E-state index contributed by atoms with van der Waals surface area (Å²) in [5.74, 6) is -3.10. The van der Waals surface area contributed by atoms with Crippen molar-refractivity contribution in [2.24, 2.45) is 0 Å². The number of thiol groups is 1. The number of nitrogens with zero attached hydrogens (tertiary/aromatic N) is 2. The topological polar surface area (TPSA) is 117 Å². The second-order valence-electron chi connectivity index (χ2n) is 12.5. The molecule has 5 aromatic rings. The SMILES string of the molecule is O=C1c2cc3cc4c(cc3cc2C(=O)C1c1nc2ccc(S)cc2c(=O)[nH]1)C(=O)N(c1ccc(C2=CC=CC2)c2c1CCCC2)C4=O. The zero-order valence-corrected chi connectivity index (χ0v) is 25.8. The van der Waals surface area contributed by atoms with E-state index in [2.05, 4.69) is 40.8 Å². The van der Waals surface area contributed by atoms with Crippen LogP contribution in [0.1, 0.15) is 89.1 Å². The maximum Gasteiger partial charge on any atom is 0.266 e. The number of carbonyl (C=O) groups is 4. The number of rotatable bonds is 3. The maximum absolute atomic E-state index is 13.9. The van der Waals surface area contributed by atoms with Gasteiger partial charge >= 0.3 is 0 Å². The first-order valence-electron chi connectivity index (χ1n) is 15.6. The molecule has 0 fully saturated rings. The standard InChI is InChI=1S/C38H25N3O5S/c42-33-25-13-19-15-27-28(16-20(19)14-26(25)34(43)32(33)35-39-30-11-9-21(47)17-29(30)36(44)40-35)38(46)41(37(27)45)31-12-10-22(18-5-1-2-6-18)23-7-3-4-8-24(23)31/h1-2,5,9-17,32,47H,3-4,6-8H2,(H,39,40,44). The van der Waals surface area contributed by atoms with E-state index >= 15 is 0 Å². The number of imide groups is 1. The number of carbonyl (C=O) groups excluding carboxylic acids is 4. The summed E-state index contributed by atoms with van der Waals surface area (Å²) >= 11 is 4.28. The van der Waals surface area contributed by atoms with E-state index in [1.807, 2.05) is 12.1 Å². The summed E-state index contributed by atoms with van der Waals surface area (Å²) in [7, 11) is 0. The number of Topliss-reactive ketones (excluding diaryl/α,β-unsaturated/α-hetero) is 2. The predicted molar refractivity (Wildman–Crippen MR) is 181 cm³/mol. The van der Waals surface area contributed by atoms with Gasteiger partial charge in [0.1, 0.15) is 11.7 Å². The number of hydrogen-bond acceptors (Lipinski definition) is 7. The summed E-state index contributed by atoms with van der Waals surface area (Å²) in [6.45, 7) is 0. The van der Waals surface area contributed by atoms with Crippen LogP contribution in [-0.2, 0) is 12.8 Å². The zero-order valence-electron chi connectivity index (χ0n) is 24.9. The fourth-order valence-corrected chi connectivity index (χ4v) is 7.83. The van der Waals surface area contributed by atoms with E-state index in [4.69, 9.17) is 0 Å². The first-order chi connectivity index (χ1) is 22.8. The summed E-state index contributed by atoms with van der Waals surface area (Å²) in [4.78, 5) is 77.0. The second kappa shape index (κ2) is 10.0. The lowest BCUT2D eigenvalue weighted by molar-refractivity contribution is 0.0880. The van der Waals surface area contributed by atoms with E-state index in [1.54, 1.807) is 42.5 Å². The van der Waals surface area contributed by atoms with Crippen molar-refractivity contribution in [2.45, 2.75) is 42.9 Å². The fraction of sp³-hybridized carbons (Fsp3) is 0.158. The normalized spacial score (nSPS) is 17.2. The van der Waals surface area contributed by atoms with Gasteiger partial charge in [0.15, 0.2) is 11.6 Å². The fourth-order valence-electron chi connectivity index (χ4n) is 7.63. The molecule has 4 aromatic carbocycles. The molecule has 8 nitrogen and oxygen atoms in total. The van der Waals surface area contributed by atoms with Gasteiger partial charge in [-0.2, -0.15) is 0 Å². The van der Waals surface area contributed by atoms with Crippen LogP contribution in [-0.4, -0.2) is 33.3 Å². The number of H-pyrrole nitrogens is 1. The molecule has 9 rings (SSSR count). The third-order valence-corrected chi connectivity index (χ3v) is 10.2. The number of ketones is 2. The Labute approximate surface area is 273 Å². The molecule has 9 heteroatoms. The number of benzene rings is 4. The smallest absolute Gasteiger partial charge is 0.266 e. The molecule has 2 amide bonds. The molecule has 1 N–H and O–H groups in total. The number of fused-ring (bicyclic) bond motifs is 5. The van der Waals surface area contributed by atoms with Crippen LogP contribution in [0.2, 0.25) is 0 Å². The molecule has 0 saturated carbocycles. The van der Waals surface area contributed by atoms with Crippen LogP contribution in [0.25, 0.3) is 27.2 Å². The summed E-state index contributed by atoms with van der Waals surface area (Å²) < 4.78 is 0. The highest BCUT2D eigenvalue weighted by Gasteiger charge is 2.43. The van der Waals surface area contributed by atoms with Gasteiger partial charge in [-0.15, -0.1) is 12.6 Å². The van der Waals surface area contributed by atoms with E-state index in [0.717, 1.165) is 37.7 Å². The van der Waals surface area contributed by atoms with Gasteiger partial charge in [0.2, 0.25) is 0 Å². The van der Waals surface area contributed by atoms with E-state index in [-0.39, 0.29) is 28.1 Å². The van der Waals surface area contributed by atoms with Crippen molar-refractivity contribution in [1.29, 1.82) is 0 Å². The van der Waals surface area contributed by atoms with Gasteiger partial charge in [-0.05, 0) is 114 Å². The van der Waals surface area contributed by atoms with Crippen LogP contribution in [0, 0.1) is 0 Å². The third-order valence-electron chi connectivity index (χ3n) is 9.88. The van der Waals surface area contributed by atoms with Gasteiger partial charge in [-0.25, -0.2) is 9.88 Å². The van der Waals surface area contributed by atoms with Crippen LogP contribution < -0.4 is 10.5 Å². The van der Waals surface area contributed by atoms with Crippen molar-refractivity contribution in [3.05, 3.63) is 128 Å². The van der Waals surface area contributed by atoms with Gasteiger partial charge in [0.25, 0.3) is 17.4 Å². The van der Waals surface area contributed by atoms with Crippen molar-refractivity contribution in [2.75, 3.05) is 4.90 Å². The van der Waals surface area contributed by atoms with E-state index < -0.39 is 34.9 Å². The lowest BCUT2D eigenvalue weighted by Gasteiger charge is -2.26. The maximum atomic E-state index is 13.9. The lowest BCUT2D eigenvalue weighted by Crippen LogP contribution is -2.31. The minimum absolute atomic E-state index is 0.0250. The second-order valence-corrected chi connectivity index (χ2v) is 13.0. The number of aromatic nitrogens is 2. The van der Waals surface area contributed by atoms with Gasteiger partial charge in [-0.3, -0.25) is 24.0 Å². The average molecular weight is 636 g/mol. The van der Waals surface area contributed by atoms with Gasteiger partial charge in [0, 0.05) is 16.0 Å². The molecule has 228 valence electrons. The Hall–Kier alpha value is -5.41. The molecule has 0 spiro atoms. The average Bonchev–Trinajstić information content (AvgIpc) is 3.75. The Morgan fingerprint density at radius 1 is 0.745 bits per heavy atom. The van der Waals surface area contributed by atoms with Gasteiger partial charge in [0.05, 0.1) is 27.7 Å². The zero-order chi connectivity index (χ0) is 32.1. The lowest BCUT2D eigenvalue weighted by atomic mass is 9.84. The number of hydrogen-bond donors (Lipinski definition) is 2. The van der Waals surface area contributed by atoms with Crippen molar-refractivity contribution in [1.82, 2.24) is 9.97 Å². The number of aromatic amines is 1. The Kier molecular flexibility index (Phi) is 5.95. The summed E-state index contributed by atoms with van der Waals surface area (Å²) in [5.41, 5.74) is 6.11. The molecular formula is C38H25N3O5S. The van der Waals surface area contributed by atoms with Crippen LogP contribution in [0.15, 0.2) is 82.5 Å². The molecule has 1 aromatic heterocycles. The molecule has 0 radical (unpaired) electrons. The number of allylic oxidation sites excluding steroid dienone is 4. The number of nitrogens with one attached hydrogen (secondary N) is 1. The highest BCUT2D eigenvalue weighted by atomic mass is 32.1. The minimum atomic E-state index is -1.30. The molecule has 4 aliphatic rings. The highest BCUT2D eigenvalue weighted by molar-refractivity contribution is 7.80. The molecule has 1 aliphatic heterocycles. The Morgan fingerprint density at radius 2 is 1.40 bits per heavy atom. The Balaban J connectivity index is 1.10. The van der Waals surface area contributed by atoms with Crippen LogP contribution in [0.4, 0.5) is 5.69 Å². The highest BCUT2D eigenvalue weighted by Crippen LogP contribution is 2.42. The van der Waals surface area contributed by atoms with Crippen molar-refractivity contribution in [3.8, 4) is 0 Å². The summed E-state index contributed by atoms with van der Waals surface area (Å²) in [6, 6.07) is 15.3. The van der Waals surface area contributed by atoms with E-state index in [0.29, 0.717) is 32.3 Å². The Bertz CT molecular complexity index is 2400. The first-order valence-corrected chi connectivity index (χ1v) is 16.1. The monoisotopic (exact) mass is 635 g/mol. The number of anilines is 1. The van der Waals surface area contributed by atoms with Crippen molar-refractivity contribution < 1.29 is 19.2 Å². The summed E-state index contributed by atoms with van der Waals surface area (Å²) in [5, 5.41) is 1.43. The molecule has 0 saturated heterocycles. The molecule has 3 aliphatic carbocycles. The molecule has 47 heavy (non-hydrogen) atoms.